The first-order chi connectivity index (χ1) is 11.8. The monoisotopic (exact) mass is 379 g/mol. The van der Waals surface area contributed by atoms with E-state index in [1.54, 1.807) is 4.90 Å². The second-order valence-electron chi connectivity index (χ2n) is 7.36. The lowest BCUT2D eigenvalue weighted by atomic mass is 10.1. The van der Waals surface area contributed by atoms with E-state index in [9.17, 15) is 4.79 Å². The van der Waals surface area contributed by atoms with Crippen molar-refractivity contribution in [2.24, 2.45) is 0 Å². The molecule has 0 bridgehead atoms. The van der Waals surface area contributed by atoms with Gasteiger partial charge in [0.1, 0.15) is 5.60 Å². The molecular weight excluding hydrogens is 350 g/mol. The molecule has 3 nitrogen and oxygen atoms in total. The molecule has 1 aromatic carbocycles. The van der Waals surface area contributed by atoms with Crippen molar-refractivity contribution in [1.29, 1.82) is 0 Å². The first kappa shape index (κ1) is 20.2. The van der Waals surface area contributed by atoms with E-state index >= 15 is 0 Å². The van der Waals surface area contributed by atoms with E-state index in [2.05, 4.69) is 18.2 Å². The van der Waals surface area contributed by atoms with Crippen molar-refractivity contribution < 1.29 is 9.53 Å². The summed E-state index contributed by atoms with van der Waals surface area (Å²) in [5.74, 6) is 2.35. The summed E-state index contributed by atoms with van der Waals surface area (Å²) in [5.41, 5.74) is 2.85. The van der Waals surface area contributed by atoms with Crippen LogP contribution in [0.5, 0.6) is 0 Å². The van der Waals surface area contributed by atoms with Gasteiger partial charge in [-0.25, -0.2) is 4.79 Å². The van der Waals surface area contributed by atoms with E-state index in [0.29, 0.717) is 11.1 Å². The minimum absolute atomic E-state index is 0.289. The molecule has 25 heavy (non-hydrogen) atoms. The Morgan fingerprint density at radius 1 is 1.24 bits per heavy atom. The first-order valence-corrected chi connectivity index (χ1v) is 10.8. The molecule has 2 rings (SSSR count). The van der Waals surface area contributed by atoms with Crippen LogP contribution in [0.3, 0.4) is 0 Å². The highest BCUT2D eigenvalue weighted by Crippen LogP contribution is 2.46. The molecule has 0 atom stereocenters. The van der Waals surface area contributed by atoms with Gasteiger partial charge in [0.2, 0.25) is 0 Å². The van der Waals surface area contributed by atoms with Crippen molar-refractivity contribution in [2.45, 2.75) is 51.2 Å². The Morgan fingerprint density at radius 3 is 2.48 bits per heavy atom. The van der Waals surface area contributed by atoms with Crippen molar-refractivity contribution in [3.05, 3.63) is 41.5 Å². The zero-order chi connectivity index (χ0) is 18.4. The Balaban J connectivity index is 2.36. The van der Waals surface area contributed by atoms with Gasteiger partial charge in [0, 0.05) is 6.54 Å². The van der Waals surface area contributed by atoms with Gasteiger partial charge < -0.3 is 4.74 Å². The number of para-hydroxylation sites is 1. The topological polar surface area (TPSA) is 29.5 Å². The predicted molar refractivity (Wildman–Crippen MR) is 112 cm³/mol. The fourth-order valence-electron chi connectivity index (χ4n) is 2.46. The molecule has 0 saturated carbocycles. The molecule has 0 radical (unpaired) electrons. The Kier molecular flexibility index (Phi) is 7.32. The van der Waals surface area contributed by atoms with E-state index < -0.39 is 5.60 Å². The van der Waals surface area contributed by atoms with Crippen LogP contribution >= 0.6 is 23.5 Å². The zero-order valence-corrected chi connectivity index (χ0v) is 17.5. The van der Waals surface area contributed by atoms with Crippen LogP contribution < -0.4 is 4.90 Å². The molecule has 0 N–H and O–H groups in total. The first-order valence-electron chi connectivity index (χ1n) is 8.74. The number of nitrogens with zero attached hydrogens (tertiary/aromatic N) is 1. The quantitative estimate of drug-likeness (QED) is 0.577. The summed E-state index contributed by atoms with van der Waals surface area (Å²) in [7, 11) is 0. The maximum atomic E-state index is 12.9. The Labute approximate surface area is 160 Å². The standard InChI is InChI=1S/C20H29NO2S2/c1-15(2)11-12-21(19(22)23-20(3,4)5)17-10-7-6-9-16(17)18-24-13-8-14-25-18/h6-7,9-11,18H,8,12-14H2,1-5H3. The molecule has 0 aromatic heterocycles. The Bertz CT molecular complexity index is 612. The summed E-state index contributed by atoms with van der Waals surface area (Å²) in [4.78, 5) is 14.6. The van der Waals surface area contributed by atoms with Crippen molar-refractivity contribution in [3.8, 4) is 0 Å². The number of ether oxygens (including phenoxy) is 1. The minimum Gasteiger partial charge on any atom is -0.443 e. The molecule has 138 valence electrons. The average molecular weight is 380 g/mol. The summed E-state index contributed by atoms with van der Waals surface area (Å²) in [6.45, 7) is 10.3. The predicted octanol–water partition coefficient (Wildman–Crippen LogP) is 6.26. The van der Waals surface area contributed by atoms with Crippen LogP contribution in [0.25, 0.3) is 0 Å². The van der Waals surface area contributed by atoms with Crippen LogP contribution in [-0.2, 0) is 4.74 Å². The number of anilines is 1. The van der Waals surface area contributed by atoms with Crippen molar-refractivity contribution >= 4 is 35.3 Å². The van der Waals surface area contributed by atoms with Gasteiger partial charge in [-0.15, -0.1) is 23.5 Å². The molecule has 1 aliphatic heterocycles. The number of thioether (sulfide) groups is 2. The molecule has 1 fully saturated rings. The second kappa shape index (κ2) is 9.04. The summed E-state index contributed by atoms with van der Waals surface area (Å²) in [6, 6.07) is 8.23. The van der Waals surface area contributed by atoms with Gasteiger partial charge in [-0.05, 0) is 64.2 Å². The van der Waals surface area contributed by atoms with Crippen molar-refractivity contribution in [1.82, 2.24) is 0 Å². The number of hydrogen-bond donors (Lipinski definition) is 0. The number of carbonyl (C=O) groups is 1. The number of amides is 1. The molecule has 1 heterocycles. The van der Waals surface area contributed by atoms with Gasteiger partial charge in [0.05, 0.1) is 10.3 Å². The third kappa shape index (κ3) is 6.30. The molecular formula is C20H29NO2S2. The van der Waals surface area contributed by atoms with Crippen LogP contribution in [0.15, 0.2) is 35.9 Å². The highest BCUT2D eigenvalue weighted by Gasteiger charge is 2.27. The number of benzene rings is 1. The summed E-state index contributed by atoms with van der Waals surface area (Å²) in [5, 5.41) is 0. The van der Waals surface area contributed by atoms with Gasteiger partial charge in [-0.2, -0.15) is 0 Å². The van der Waals surface area contributed by atoms with Gasteiger partial charge in [-0.3, -0.25) is 4.90 Å². The molecule has 1 aromatic rings. The number of rotatable bonds is 4. The molecule has 1 amide bonds. The normalized spacial score (nSPS) is 15.6. The van der Waals surface area contributed by atoms with E-state index in [0.717, 1.165) is 5.69 Å². The molecule has 1 saturated heterocycles. The second-order valence-corrected chi connectivity index (χ2v) is 10.1. The zero-order valence-electron chi connectivity index (χ0n) is 15.9. The largest absolute Gasteiger partial charge is 0.443 e. The number of hydrogen-bond acceptors (Lipinski definition) is 4. The van der Waals surface area contributed by atoms with Crippen LogP contribution in [0.4, 0.5) is 10.5 Å². The van der Waals surface area contributed by atoms with E-state index in [1.165, 1.54) is 29.1 Å². The molecule has 1 aliphatic rings. The molecule has 5 heteroatoms. The molecule has 0 unspecified atom stereocenters. The maximum absolute atomic E-state index is 12.9. The average Bonchev–Trinajstić information content (AvgIpc) is 2.54. The van der Waals surface area contributed by atoms with Crippen LogP contribution in [0.2, 0.25) is 0 Å². The van der Waals surface area contributed by atoms with Crippen LogP contribution in [0, 0.1) is 0 Å². The number of carbonyl (C=O) groups excluding carboxylic acids is 1. The van der Waals surface area contributed by atoms with Gasteiger partial charge in [0.25, 0.3) is 0 Å². The fourth-order valence-corrected chi connectivity index (χ4v) is 5.41. The SMILES string of the molecule is CC(C)=CCN(C(=O)OC(C)(C)C)c1ccccc1C1SCCCS1. The lowest BCUT2D eigenvalue weighted by Crippen LogP contribution is -2.37. The molecule has 0 aliphatic carbocycles. The molecule has 0 spiro atoms. The highest BCUT2D eigenvalue weighted by atomic mass is 32.2. The van der Waals surface area contributed by atoms with Gasteiger partial charge in [-0.1, -0.05) is 29.8 Å². The van der Waals surface area contributed by atoms with E-state index in [1.807, 2.05) is 70.3 Å². The van der Waals surface area contributed by atoms with Crippen molar-refractivity contribution in [2.75, 3.05) is 23.0 Å². The van der Waals surface area contributed by atoms with Gasteiger partial charge in [0.15, 0.2) is 0 Å². The van der Waals surface area contributed by atoms with Crippen LogP contribution in [0.1, 0.15) is 51.2 Å². The summed E-state index contributed by atoms with van der Waals surface area (Å²) in [6.07, 6.45) is 3.03. The van der Waals surface area contributed by atoms with Gasteiger partial charge >= 0.3 is 6.09 Å². The fraction of sp³-hybridized carbons (Fsp3) is 0.550. The third-order valence-electron chi connectivity index (χ3n) is 3.60. The summed E-state index contributed by atoms with van der Waals surface area (Å²) < 4.78 is 6.05. The smallest absolute Gasteiger partial charge is 0.415 e. The number of allylic oxidation sites excluding steroid dienone is 1. The highest BCUT2D eigenvalue weighted by molar-refractivity contribution is 8.16. The van der Waals surface area contributed by atoms with E-state index in [-0.39, 0.29) is 6.09 Å². The summed E-state index contributed by atoms with van der Waals surface area (Å²) >= 11 is 3.93. The lowest BCUT2D eigenvalue weighted by molar-refractivity contribution is 0.0584. The minimum atomic E-state index is -0.510. The maximum Gasteiger partial charge on any atom is 0.415 e. The van der Waals surface area contributed by atoms with E-state index in [4.69, 9.17) is 4.74 Å². The van der Waals surface area contributed by atoms with Crippen molar-refractivity contribution in [3.63, 3.8) is 0 Å². The third-order valence-corrected chi connectivity index (χ3v) is 6.58. The van der Waals surface area contributed by atoms with Crippen LogP contribution in [-0.4, -0.2) is 29.7 Å². The Hall–Kier alpha value is -1.07. The Morgan fingerprint density at radius 2 is 1.88 bits per heavy atom. The lowest BCUT2D eigenvalue weighted by Gasteiger charge is -2.30.